The van der Waals surface area contributed by atoms with Crippen LogP contribution in [-0.4, -0.2) is 9.55 Å². The van der Waals surface area contributed by atoms with Crippen molar-refractivity contribution in [2.24, 2.45) is 7.05 Å². The number of aromatic nitrogens is 2. The summed E-state index contributed by atoms with van der Waals surface area (Å²) in [6.45, 7) is 2.01. The minimum atomic E-state index is -0.630. The molecule has 0 spiro atoms. The Kier molecular flexibility index (Phi) is 4.03. The van der Waals surface area contributed by atoms with Crippen LogP contribution in [0.15, 0.2) is 66.7 Å². The highest BCUT2D eigenvalue weighted by Crippen LogP contribution is 2.35. The highest BCUT2D eigenvalue weighted by atomic mass is 19.1. The van der Waals surface area contributed by atoms with Crippen LogP contribution < -0.4 is 0 Å². The van der Waals surface area contributed by atoms with E-state index in [-0.39, 0.29) is 11.6 Å². The molecule has 0 bridgehead atoms. The monoisotopic (exact) mass is 348 g/mol. The largest absolute Gasteiger partial charge is 0.330 e. The van der Waals surface area contributed by atoms with E-state index in [1.165, 1.54) is 12.1 Å². The SMILES string of the molecule is Cc1ccc2nc(C(c3ccccc3F)c3ccccc3F)n(C)c2c1. The molecule has 0 unspecified atom stereocenters. The van der Waals surface area contributed by atoms with E-state index < -0.39 is 5.92 Å². The maximum atomic E-state index is 14.6. The molecule has 2 nitrogen and oxygen atoms in total. The van der Waals surface area contributed by atoms with E-state index in [1.54, 1.807) is 36.4 Å². The number of hydrogen-bond donors (Lipinski definition) is 0. The van der Waals surface area contributed by atoms with Crippen LogP contribution in [0.3, 0.4) is 0 Å². The van der Waals surface area contributed by atoms with Crippen molar-refractivity contribution in [2.45, 2.75) is 12.8 Å². The molecule has 130 valence electrons. The van der Waals surface area contributed by atoms with Crippen LogP contribution in [-0.2, 0) is 7.05 Å². The van der Waals surface area contributed by atoms with Gasteiger partial charge in [-0.15, -0.1) is 0 Å². The Balaban J connectivity index is 2.02. The Labute approximate surface area is 150 Å². The fourth-order valence-corrected chi connectivity index (χ4v) is 3.44. The molecule has 0 aliphatic rings. The molecule has 0 aliphatic carbocycles. The Bertz CT molecular complexity index is 1050. The van der Waals surface area contributed by atoms with Crippen LogP contribution in [0.2, 0.25) is 0 Å². The third-order valence-electron chi connectivity index (χ3n) is 4.76. The van der Waals surface area contributed by atoms with Gasteiger partial charge >= 0.3 is 0 Å². The van der Waals surface area contributed by atoms with Gasteiger partial charge in [0.15, 0.2) is 0 Å². The number of aryl methyl sites for hydroxylation is 2. The highest BCUT2D eigenvalue weighted by Gasteiger charge is 2.27. The number of halogens is 2. The van der Waals surface area contributed by atoms with Crippen molar-refractivity contribution in [3.05, 3.63) is 101 Å². The lowest BCUT2D eigenvalue weighted by atomic mass is 9.89. The summed E-state index contributed by atoms with van der Waals surface area (Å²) in [5.41, 5.74) is 3.68. The minimum absolute atomic E-state index is 0.371. The maximum absolute atomic E-state index is 14.6. The first-order valence-electron chi connectivity index (χ1n) is 8.48. The number of fused-ring (bicyclic) bond motifs is 1. The molecule has 0 amide bonds. The van der Waals surface area contributed by atoms with Gasteiger partial charge in [0, 0.05) is 18.2 Å². The molecule has 0 radical (unpaired) electrons. The number of hydrogen-bond acceptors (Lipinski definition) is 1. The van der Waals surface area contributed by atoms with Gasteiger partial charge in [-0.1, -0.05) is 42.5 Å². The fraction of sp³-hybridized carbons (Fsp3) is 0.136. The van der Waals surface area contributed by atoms with Gasteiger partial charge in [-0.05, 0) is 36.8 Å². The Morgan fingerprint density at radius 1 is 0.846 bits per heavy atom. The lowest BCUT2D eigenvalue weighted by Crippen LogP contribution is -2.13. The topological polar surface area (TPSA) is 17.8 Å². The number of imidazole rings is 1. The zero-order chi connectivity index (χ0) is 18.3. The molecule has 1 heterocycles. The minimum Gasteiger partial charge on any atom is -0.330 e. The van der Waals surface area contributed by atoms with Gasteiger partial charge in [0.25, 0.3) is 0 Å². The molecule has 4 rings (SSSR count). The van der Waals surface area contributed by atoms with Crippen molar-refractivity contribution in [3.63, 3.8) is 0 Å². The van der Waals surface area contributed by atoms with Crippen molar-refractivity contribution in [1.29, 1.82) is 0 Å². The van der Waals surface area contributed by atoms with Crippen LogP contribution >= 0.6 is 0 Å². The fourth-order valence-electron chi connectivity index (χ4n) is 3.44. The molecule has 0 atom stereocenters. The second-order valence-electron chi connectivity index (χ2n) is 6.50. The molecule has 4 heteroatoms. The molecule has 4 aromatic rings. The van der Waals surface area contributed by atoms with Gasteiger partial charge < -0.3 is 4.57 Å². The Morgan fingerprint density at radius 2 is 1.42 bits per heavy atom. The van der Waals surface area contributed by atoms with E-state index in [0.717, 1.165) is 16.6 Å². The quantitative estimate of drug-likeness (QED) is 0.489. The standard InChI is InChI=1S/C22H18F2N2/c1-14-11-12-19-20(13-14)26(2)22(25-19)21(15-7-3-5-9-17(15)23)16-8-4-6-10-18(16)24/h3-13,21H,1-2H3. The second kappa shape index (κ2) is 6.37. The second-order valence-corrected chi connectivity index (χ2v) is 6.50. The normalized spacial score (nSPS) is 11.4. The maximum Gasteiger partial charge on any atom is 0.127 e. The summed E-state index contributed by atoms with van der Waals surface area (Å²) < 4.78 is 31.2. The third kappa shape index (κ3) is 2.68. The van der Waals surface area contributed by atoms with E-state index in [0.29, 0.717) is 17.0 Å². The van der Waals surface area contributed by atoms with Crippen LogP contribution in [0, 0.1) is 18.6 Å². The number of benzene rings is 3. The summed E-state index contributed by atoms with van der Waals surface area (Å²) in [6.07, 6.45) is 0. The van der Waals surface area contributed by atoms with Crippen molar-refractivity contribution < 1.29 is 8.78 Å². The molecule has 1 aromatic heterocycles. The van der Waals surface area contributed by atoms with Crippen LogP contribution in [0.5, 0.6) is 0 Å². The van der Waals surface area contributed by atoms with E-state index in [2.05, 4.69) is 0 Å². The zero-order valence-corrected chi connectivity index (χ0v) is 14.6. The predicted molar refractivity (Wildman–Crippen MR) is 99.2 cm³/mol. The van der Waals surface area contributed by atoms with Gasteiger partial charge in [-0.3, -0.25) is 0 Å². The summed E-state index contributed by atoms with van der Waals surface area (Å²) in [5, 5.41) is 0. The van der Waals surface area contributed by atoms with E-state index >= 15 is 0 Å². The molecule has 0 N–H and O–H groups in total. The molecule has 0 aliphatic heterocycles. The molecule has 0 saturated heterocycles. The highest BCUT2D eigenvalue weighted by molar-refractivity contribution is 5.77. The summed E-state index contributed by atoms with van der Waals surface area (Å²) in [4.78, 5) is 4.72. The van der Waals surface area contributed by atoms with Gasteiger partial charge in [0.2, 0.25) is 0 Å². The Morgan fingerprint density at radius 3 is 2.00 bits per heavy atom. The van der Waals surface area contributed by atoms with E-state index in [4.69, 9.17) is 4.98 Å². The summed E-state index contributed by atoms with van der Waals surface area (Å²) in [5.74, 6) is -0.760. The van der Waals surface area contributed by atoms with Crippen molar-refractivity contribution in [1.82, 2.24) is 9.55 Å². The molecule has 3 aromatic carbocycles. The first-order valence-corrected chi connectivity index (χ1v) is 8.48. The van der Waals surface area contributed by atoms with Crippen LogP contribution in [0.1, 0.15) is 28.4 Å². The summed E-state index contributed by atoms with van der Waals surface area (Å²) >= 11 is 0. The summed E-state index contributed by atoms with van der Waals surface area (Å²) in [6, 6.07) is 18.9. The molecule has 0 fully saturated rings. The van der Waals surface area contributed by atoms with Crippen LogP contribution in [0.4, 0.5) is 8.78 Å². The predicted octanol–water partition coefficient (Wildman–Crippen LogP) is 5.34. The van der Waals surface area contributed by atoms with Gasteiger partial charge in [0.1, 0.15) is 17.5 Å². The van der Waals surface area contributed by atoms with Crippen molar-refractivity contribution in [2.75, 3.05) is 0 Å². The third-order valence-corrected chi connectivity index (χ3v) is 4.76. The summed E-state index contributed by atoms with van der Waals surface area (Å²) in [7, 11) is 1.89. The van der Waals surface area contributed by atoms with Gasteiger partial charge in [0.05, 0.1) is 17.0 Å². The van der Waals surface area contributed by atoms with Crippen molar-refractivity contribution in [3.8, 4) is 0 Å². The lowest BCUT2D eigenvalue weighted by Gasteiger charge is -2.19. The molecular weight excluding hydrogens is 330 g/mol. The molecule has 0 saturated carbocycles. The first kappa shape index (κ1) is 16.5. The molecule has 26 heavy (non-hydrogen) atoms. The van der Waals surface area contributed by atoms with E-state index in [1.807, 2.05) is 36.7 Å². The van der Waals surface area contributed by atoms with Crippen molar-refractivity contribution >= 4 is 11.0 Å². The smallest absolute Gasteiger partial charge is 0.127 e. The lowest BCUT2D eigenvalue weighted by molar-refractivity contribution is 0.577. The van der Waals surface area contributed by atoms with Gasteiger partial charge in [-0.25, -0.2) is 13.8 Å². The first-order chi connectivity index (χ1) is 12.6. The Hall–Kier alpha value is -3.01. The number of rotatable bonds is 3. The average molecular weight is 348 g/mol. The zero-order valence-electron chi connectivity index (χ0n) is 14.6. The average Bonchev–Trinajstić information content (AvgIpc) is 2.95. The van der Waals surface area contributed by atoms with E-state index in [9.17, 15) is 8.78 Å². The number of nitrogens with zero attached hydrogens (tertiary/aromatic N) is 2. The molecular formula is C22H18F2N2. The van der Waals surface area contributed by atoms with Crippen LogP contribution in [0.25, 0.3) is 11.0 Å². The van der Waals surface area contributed by atoms with Gasteiger partial charge in [-0.2, -0.15) is 0 Å².